The highest BCUT2D eigenvalue weighted by Gasteiger charge is 2.29. The lowest BCUT2D eigenvalue weighted by atomic mass is 10.0. The summed E-state index contributed by atoms with van der Waals surface area (Å²) in [6.07, 6.45) is -2.31. The number of alkyl halides is 3. The summed E-state index contributed by atoms with van der Waals surface area (Å²) in [5, 5.41) is 2.67. The van der Waals surface area contributed by atoms with E-state index in [2.05, 4.69) is 5.32 Å². The summed E-state index contributed by atoms with van der Waals surface area (Å²) in [6, 6.07) is 9.45. The molecule has 2 aromatic carbocycles. The fourth-order valence-corrected chi connectivity index (χ4v) is 2.81. The Morgan fingerprint density at radius 2 is 1.74 bits per heavy atom. The minimum Gasteiger partial charge on any atom is -0.496 e. The van der Waals surface area contributed by atoms with Gasteiger partial charge < -0.3 is 14.8 Å². The highest BCUT2D eigenvalue weighted by molar-refractivity contribution is 5.98. The molecule has 2 aromatic rings. The summed E-state index contributed by atoms with van der Waals surface area (Å²) in [5.74, 6) is -0.549. The number of ether oxygens (including phenoxy) is 2. The van der Waals surface area contributed by atoms with Crippen LogP contribution in [0.2, 0.25) is 0 Å². The van der Waals surface area contributed by atoms with Gasteiger partial charge in [-0.1, -0.05) is 25.1 Å². The van der Waals surface area contributed by atoms with Crippen molar-refractivity contribution in [3.8, 4) is 5.75 Å². The summed E-state index contributed by atoms with van der Waals surface area (Å²) < 4.78 is 48.3. The van der Waals surface area contributed by atoms with Gasteiger partial charge in [-0.2, -0.15) is 13.2 Å². The van der Waals surface area contributed by atoms with Crippen molar-refractivity contribution < 1.29 is 32.2 Å². The number of hydrogen-bond acceptors (Lipinski definition) is 4. The number of amides is 1. The van der Waals surface area contributed by atoms with Crippen molar-refractivity contribution in [3.63, 3.8) is 0 Å². The lowest BCUT2D eigenvalue weighted by Gasteiger charge is -2.12. The molecule has 0 radical (unpaired) electrons. The lowest BCUT2D eigenvalue weighted by molar-refractivity contribution is -0.139. The first kappa shape index (κ1) is 24.0. The third kappa shape index (κ3) is 6.60. The molecule has 2 rings (SSSR count). The standard InChI is InChI=1S/C23H24F3NO4/c1-4-17(22(29)31-5-2)12-16-8-11-20(30-3)19(13-16)21(28)27-14-15-6-9-18(10-7-15)23(24,25)26/h6-13H,4-5,14H2,1-3H3,(H,27,28)/b17-12+. The van der Waals surface area contributed by atoms with Crippen molar-refractivity contribution in [1.29, 1.82) is 0 Å². The molecule has 0 unspecified atom stereocenters. The van der Waals surface area contributed by atoms with Gasteiger partial charge in [-0.3, -0.25) is 4.79 Å². The zero-order valence-electron chi connectivity index (χ0n) is 17.5. The maximum Gasteiger partial charge on any atom is 0.416 e. The molecule has 0 spiro atoms. The molecule has 1 amide bonds. The normalized spacial score (nSPS) is 11.7. The van der Waals surface area contributed by atoms with Gasteiger partial charge in [0.2, 0.25) is 0 Å². The van der Waals surface area contributed by atoms with E-state index in [-0.39, 0.29) is 18.7 Å². The summed E-state index contributed by atoms with van der Waals surface area (Å²) in [5.41, 5.74) is 1.08. The number of methoxy groups -OCH3 is 1. The molecule has 0 heterocycles. The van der Waals surface area contributed by atoms with Crippen molar-refractivity contribution in [1.82, 2.24) is 5.32 Å². The molecule has 0 aliphatic rings. The summed E-state index contributed by atoms with van der Waals surface area (Å²) in [4.78, 5) is 24.7. The van der Waals surface area contributed by atoms with Gasteiger partial charge in [0.1, 0.15) is 5.75 Å². The number of esters is 1. The van der Waals surface area contributed by atoms with Crippen LogP contribution in [0.25, 0.3) is 6.08 Å². The second kappa shape index (κ2) is 10.7. The first-order valence-electron chi connectivity index (χ1n) is 9.69. The largest absolute Gasteiger partial charge is 0.496 e. The lowest BCUT2D eigenvalue weighted by Crippen LogP contribution is -2.23. The van der Waals surface area contributed by atoms with Crippen molar-refractivity contribution >= 4 is 18.0 Å². The summed E-state index contributed by atoms with van der Waals surface area (Å²) in [7, 11) is 1.42. The zero-order valence-corrected chi connectivity index (χ0v) is 17.5. The molecular weight excluding hydrogens is 411 g/mol. The van der Waals surface area contributed by atoms with Crippen molar-refractivity contribution in [3.05, 3.63) is 70.3 Å². The Morgan fingerprint density at radius 3 is 2.29 bits per heavy atom. The smallest absolute Gasteiger partial charge is 0.416 e. The quantitative estimate of drug-likeness (QED) is 0.468. The molecule has 0 fully saturated rings. The monoisotopic (exact) mass is 435 g/mol. The van der Waals surface area contributed by atoms with E-state index in [0.29, 0.717) is 28.9 Å². The number of carbonyl (C=O) groups excluding carboxylic acids is 2. The van der Waals surface area contributed by atoms with Crippen molar-refractivity contribution in [2.75, 3.05) is 13.7 Å². The molecule has 0 saturated carbocycles. The second-order valence-corrected chi connectivity index (χ2v) is 6.58. The minimum atomic E-state index is -4.41. The second-order valence-electron chi connectivity index (χ2n) is 6.58. The SMILES string of the molecule is CCOC(=O)/C(=C/c1ccc(OC)c(C(=O)NCc2ccc(C(F)(F)F)cc2)c1)CC. The van der Waals surface area contributed by atoms with E-state index in [1.807, 2.05) is 6.92 Å². The summed E-state index contributed by atoms with van der Waals surface area (Å²) >= 11 is 0. The van der Waals surface area contributed by atoms with Crippen LogP contribution in [0.15, 0.2) is 48.0 Å². The Morgan fingerprint density at radius 1 is 1.06 bits per heavy atom. The maximum absolute atomic E-state index is 12.7. The van der Waals surface area contributed by atoms with Crippen LogP contribution in [0.3, 0.4) is 0 Å². The fraction of sp³-hybridized carbons (Fsp3) is 0.304. The fourth-order valence-electron chi connectivity index (χ4n) is 2.81. The van der Waals surface area contributed by atoms with Gasteiger partial charge in [0.15, 0.2) is 0 Å². The van der Waals surface area contributed by atoms with Gasteiger partial charge in [-0.05, 0) is 54.8 Å². The minimum absolute atomic E-state index is 0.0449. The van der Waals surface area contributed by atoms with E-state index >= 15 is 0 Å². The first-order chi connectivity index (χ1) is 14.7. The van der Waals surface area contributed by atoms with Crippen molar-refractivity contribution in [2.45, 2.75) is 33.0 Å². The first-order valence-corrected chi connectivity index (χ1v) is 9.69. The van der Waals surface area contributed by atoms with E-state index < -0.39 is 23.6 Å². The van der Waals surface area contributed by atoms with Gasteiger partial charge in [0.05, 0.1) is 24.8 Å². The van der Waals surface area contributed by atoms with Crippen LogP contribution in [0.5, 0.6) is 5.75 Å². The number of hydrogen-bond donors (Lipinski definition) is 1. The number of rotatable bonds is 8. The van der Waals surface area contributed by atoms with E-state index in [9.17, 15) is 22.8 Å². The maximum atomic E-state index is 12.7. The average Bonchev–Trinajstić information content (AvgIpc) is 2.75. The number of carbonyl (C=O) groups is 2. The van der Waals surface area contributed by atoms with Crippen molar-refractivity contribution in [2.24, 2.45) is 0 Å². The number of halogens is 3. The van der Waals surface area contributed by atoms with Gasteiger partial charge in [0.25, 0.3) is 5.91 Å². The van der Waals surface area contributed by atoms with E-state index in [1.165, 1.54) is 19.2 Å². The number of benzene rings is 2. The Kier molecular flexibility index (Phi) is 8.24. The van der Waals surface area contributed by atoms with Crippen LogP contribution in [-0.2, 0) is 22.3 Å². The van der Waals surface area contributed by atoms with Crippen LogP contribution in [0.4, 0.5) is 13.2 Å². The average molecular weight is 435 g/mol. The van der Waals surface area contributed by atoms with Gasteiger partial charge in [0, 0.05) is 12.1 Å². The van der Waals surface area contributed by atoms with E-state index in [1.54, 1.807) is 31.2 Å². The third-order valence-corrected chi connectivity index (χ3v) is 4.46. The molecule has 31 heavy (non-hydrogen) atoms. The van der Waals surface area contributed by atoms with Crippen LogP contribution < -0.4 is 10.1 Å². The molecule has 0 aromatic heterocycles. The van der Waals surface area contributed by atoms with Crippen LogP contribution in [0.1, 0.15) is 47.3 Å². The van der Waals surface area contributed by atoms with Crippen LogP contribution in [-0.4, -0.2) is 25.6 Å². The Labute approximate surface area is 178 Å². The third-order valence-electron chi connectivity index (χ3n) is 4.46. The molecule has 0 aliphatic heterocycles. The van der Waals surface area contributed by atoms with Crippen LogP contribution >= 0.6 is 0 Å². The highest BCUT2D eigenvalue weighted by Crippen LogP contribution is 2.29. The molecule has 8 heteroatoms. The molecule has 0 saturated heterocycles. The molecule has 1 N–H and O–H groups in total. The predicted molar refractivity (Wildman–Crippen MR) is 111 cm³/mol. The Bertz CT molecular complexity index is 950. The molecule has 5 nitrogen and oxygen atoms in total. The van der Waals surface area contributed by atoms with E-state index in [4.69, 9.17) is 9.47 Å². The molecule has 166 valence electrons. The van der Waals surface area contributed by atoms with Crippen LogP contribution in [0, 0.1) is 0 Å². The summed E-state index contributed by atoms with van der Waals surface area (Å²) in [6.45, 7) is 3.85. The van der Waals surface area contributed by atoms with Gasteiger partial charge in [-0.15, -0.1) is 0 Å². The number of nitrogens with one attached hydrogen (secondary N) is 1. The Hall–Kier alpha value is -3.29. The highest BCUT2D eigenvalue weighted by atomic mass is 19.4. The molecule has 0 atom stereocenters. The molecule has 0 bridgehead atoms. The molecular formula is C23H24F3NO4. The topological polar surface area (TPSA) is 64.6 Å². The van der Waals surface area contributed by atoms with Gasteiger partial charge >= 0.3 is 12.1 Å². The zero-order chi connectivity index (χ0) is 23.0. The van der Waals surface area contributed by atoms with Gasteiger partial charge in [-0.25, -0.2) is 4.79 Å². The predicted octanol–water partition coefficient (Wildman–Crippen LogP) is 5.00. The van der Waals surface area contributed by atoms with E-state index in [0.717, 1.165) is 12.1 Å². The molecule has 0 aliphatic carbocycles. The Balaban J connectivity index is 2.19.